The van der Waals surface area contributed by atoms with Crippen molar-refractivity contribution >= 4 is 5.91 Å². The number of hydrogen-bond acceptors (Lipinski definition) is 3. The number of piperazine rings is 1. The molecule has 1 aliphatic rings. The van der Waals surface area contributed by atoms with Crippen LogP contribution in [0.25, 0.3) is 0 Å². The minimum Gasteiger partial charge on any atom is -0.353 e. The van der Waals surface area contributed by atoms with E-state index in [0.29, 0.717) is 6.54 Å². The summed E-state index contributed by atoms with van der Waals surface area (Å²) in [7, 11) is 0. The number of nitrogens with zero attached hydrogens (tertiary/aromatic N) is 1. The van der Waals surface area contributed by atoms with Crippen LogP contribution in [0.1, 0.15) is 11.1 Å². The molecular formula is C15H15N3O. The molecule has 19 heavy (non-hydrogen) atoms. The molecule has 1 saturated heterocycles. The van der Waals surface area contributed by atoms with Crippen LogP contribution in [0.15, 0.2) is 54.9 Å². The van der Waals surface area contributed by atoms with Gasteiger partial charge in [-0.1, -0.05) is 36.4 Å². The second kappa shape index (κ2) is 4.82. The molecule has 1 aromatic carbocycles. The molecule has 0 spiro atoms. The van der Waals surface area contributed by atoms with Gasteiger partial charge in [-0.05, 0) is 11.6 Å². The molecule has 3 rings (SSSR count). The van der Waals surface area contributed by atoms with Crippen molar-refractivity contribution in [2.24, 2.45) is 0 Å². The van der Waals surface area contributed by atoms with Gasteiger partial charge in [-0.15, -0.1) is 0 Å². The number of pyridine rings is 1. The number of aromatic nitrogens is 1. The molecule has 4 heteroatoms. The predicted molar refractivity (Wildman–Crippen MR) is 72.5 cm³/mol. The van der Waals surface area contributed by atoms with Gasteiger partial charge in [0.15, 0.2) is 5.54 Å². The Bertz CT molecular complexity index is 529. The van der Waals surface area contributed by atoms with Gasteiger partial charge in [-0.25, -0.2) is 0 Å². The Hall–Kier alpha value is -2.20. The first-order chi connectivity index (χ1) is 9.34. The number of carbonyl (C=O) groups is 1. The first-order valence-corrected chi connectivity index (χ1v) is 6.33. The minimum absolute atomic E-state index is 0.0297. The average Bonchev–Trinajstić information content (AvgIpc) is 2.50. The van der Waals surface area contributed by atoms with E-state index in [-0.39, 0.29) is 5.91 Å². The van der Waals surface area contributed by atoms with E-state index in [9.17, 15) is 4.79 Å². The Balaban J connectivity index is 2.19. The van der Waals surface area contributed by atoms with Crippen LogP contribution in [0.3, 0.4) is 0 Å². The van der Waals surface area contributed by atoms with E-state index in [1.54, 1.807) is 12.4 Å². The van der Waals surface area contributed by atoms with Crippen molar-refractivity contribution in [2.75, 3.05) is 13.1 Å². The van der Waals surface area contributed by atoms with Crippen molar-refractivity contribution in [1.82, 2.24) is 15.6 Å². The normalized spacial score (nSPS) is 22.8. The lowest BCUT2D eigenvalue weighted by molar-refractivity contribution is -0.127. The molecule has 1 amide bonds. The van der Waals surface area contributed by atoms with E-state index in [0.717, 1.165) is 17.7 Å². The lowest BCUT2D eigenvalue weighted by atomic mass is 9.81. The predicted octanol–water partition coefficient (Wildman–Crippen LogP) is 1.04. The van der Waals surface area contributed by atoms with E-state index in [4.69, 9.17) is 0 Å². The molecular weight excluding hydrogens is 238 g/mol. The summed E-state index contributed by atoms with van der Waals surface area (Å²) in [5, 5.41) is 6.30. The molecule has 0 aliphatic carbocycles. The van der Waals surface area contributed by atoms with Crippen molar-refractivity contribution in [3.05, 3.63) is 66.0 Å². The molecule has 0 bridgehead atoms. The van der Waals surface area contributed by atoms with Crippen LogP contribution in [0, 0.1) is 0 Å². The van der Waals surface area contributed by atoms with Gasteiger partial charge in [0.05, 0.1) is 0 Å². The molecule has 96 valence electrons. The fourth-order valence-electron chi connectivity index (χ4n) is 2.54. The van der Waals surface area contributed by atoms with E-state index in [2.05, 4.69) is 15.6 Å². The fraction of sp³-hybridized carbons (Fsp3) is 0.200. The largest absolute Gasteiger partial charge is 0.353 e. The molecule has 2 N–H and O–H groups in total. The average molecular weight is 253 g/mol. The summed E-state index contributed by atoms with van der Waals surface area (Å²) >= 11 is 0. The molecule has 1 aliphatic heterocycles. The molecule has 0 radical (unpaired) electrons. The zero-order valence-corrected chi connectivity index (χ0v) is 10.5. The lowest BCUT2D eigenvalue weighted by Crippen LogP contribution is -2.61. The Morgan fingerprint density at radius 3 is 2.47 bits per heavy atom. The lowest BCUT2D eigenvalue weighted by Gasteiger charge is -2.37. The maximum absolute atomic E-state index is 12.5. The maximum atomic E-state index is 12.5. The third-order valence-corrected chi connectivity index (χ3v) is 3.44. The van der Waals surface area contributed by atoms with Gasteiger partial charge < -0.3 is 5.32 Å². The van der Waals surface area contributed by atoms with Crippen LogP contribution >= 0.6 is 0 Å². The number of hydrogen-bond donors (Lipinski definition) is 2. The van der Waals surface area contributed by atoms with Crippen LogP contribution in [0.5, 0.6) is 0 Å². The second-order valence-electron chi connectivity index (χ2n) is 4.54. The molecule has 4 nitrogen and oxygen atoms in total. The Morgan fingerprint density at radius 2 is 1.79 bits per heavy atom. The van der Waals surface area contributed by atoms with E-state index < -0.39 is 5.54 Å². The summed E-state index contributed by atoms with van der Waals surface area (Å²) in [6.07, 6.45) is 3.45. The van der Waals surface area contributed by atoms with Gasteiger partial charge in [0, 0.05) is 31.0 Å². The van der Waals surface area contributed by atoms with Gasteiger partial charge in [0.1, 0.15) is 0 Å². The summed E-state index contributed by atoms with van der Waals surface area (Å²) in [5.41, 5.74) is 0.951. The zero-order valence-electron chi connectivity index (χ0n) is 10.5. The van der Waals surface area contributed by atoms with Gasteiger partial charge in [0.25, 0.3) is 0 Å². The number of nitrogens with one attached hydrogen (secondary N) is 2. The highest BCUT2D eigenvalue weighted by Gasteiger charge is 2.43. The summed E-state index contributed by atoms with van der Waals surface area (Å²) in [5.74, 6) is -0.0297. The van der Waals surface area contributed by atoms with Crippen LogP contribution in [-0.4, -0.2) is 24.0 Å². The van der Waals surface area contributed by atoms with E-state index >= 15 is 0 Å². The number of carbonyl (C=O) groups excluding carboxylic acids is 1. The Kier molecular flexibility index (Phi) is 3.01. The van der Waals surface area contributed by atoms with Crippen molar-refractivity contribution in [3.8, 4) is 0 Å². The number of benzene rings is 1. The monoisotopic (exact) mass is 253 g/mol. The molecule has 1 aromatic heterocycles. The molecule has 2 heterocycles. The van der Waals surface area contributed by atoms with Crippen molar-refractivity contribution in [2.45, 2.75) is 5.54 Å². The van der Waals surface area contributed by atoms with Gasteiger partial charge >= 0.3 is 0 Å². The Labute approximate surface area is 111 Å². The summed E-state index contributed by atoms with van der Waals surface area (Å²) in [6, 6.07) is 13.5. The standard InChI is InChI=1S/C15H15N3O/c19-14-15(18-10-9-17-14,12-5-2-1-3-6-12)13-7-4-8-16-11-13/h1-8,11,18H,9-10H2,(H,17,19). The second-order valence-corrected chi connectivity index (χ2v) is 4.54. The quantitative estimate of drug-likeness (QED) is 0.841. The first kappa shape index (κ1) is 11.9. The highest BCUT2D eigenvalue weighted by atomic mass is 16.2. The highest BCUT2D eigenvalue weighted by molar-refractivity contribution is 5.92. The van der Waals surface area contributed by atoms with E-state index in [1.165, 1.54) is 0 Å². The first-order valence-electron chi connectivity index (χ1n) is 6.33. The molecule has 1 fully saturated rings. The fourth-order valence-corrected chi connectivity index (χ4v) is 2.54. The summed E-state index contributed by atoms with van der Waals surface area (Å²) < 4.78 is 0. The van der Waals surface area contributed by atoms with Crippen molar-refractivity contribution < 1.29 is 4.79 Å². The third-order valence-electron chi connectivity index (χ3n) is 3.44. The van der Waals surface area contributed by atoms with Crippen LogP contribution in [0.4, 0.5) is 0 Å². The smallest absolute Gasteiger partial charge is 0.249 e. The molecule has 1 atom stereocenters. The van der Waals surface area contributed by atoms with Crippen LogP contribution in [-0.2, 0) is 10.3 Å². The van der Waals surface area contributed by atoms with E-state index in [1.807, 2.05) is 42.5 Å². The van der Waals surface area contributed by atoms with Crippen molar-refractivity contribution in [3.63, 3.8) is 0 Å². The highest BCUT2D eigenvalue weighted by Crippen LogP contribution is 2.30. The van der Waals surface area contributed by atoms with Gasteiger partial charge in [-0.3, -0.25) is 15.1 Å². The SMILES string of the molecule is O=C1NCCNC1(c1ccccc1)c1cccnc1. The molecule has 1 unspecified atom stereocenters. The minimum atomic E-state index is -0.840. The zero-order chi connectivity index (χ0) is 13.1. The van der Waals surface area contributed by atoms with Crippen LogP contribution in [0.2, 0.25) is 0 Å². The molecule has 2 aromatic rings. The number of rotatable bonds is 2. The Morgan fingerprint density at radius 1 is 1.00 bits per heavy atom. The number of amides is 1. The van der Waals surface area contributed by atoms with Crippen molar-refractivity contribution in [1.29, 1.82) is 0 Å². The van der Waals surface area contributed by atoms with Gasteiger partial charge in [-0.2, -0.15) is 0 Å². The molecule has 0 saturated carbocycles. The topological polar surface area (TPSA) is 54.0 Å². The van der Waals surface area contributed by atoms with Crippen LogP contribution < -0.4 is 10.6 Å². The summed E-state index contributed by atoms with van der Waals surface area (Å²) in [4.78, 5) is 16.7. The van der Waals surface area contributed by atoms with Gasteiger partial charge in [0.2, 0.25) is 5.91 Å². The summed E-state index contributed by atoms with van der Waals surface area (Å²) in [6.45, 7) is 1.38. The maximum Gasteiger partial charge on any atom is 0.249 e. The third kappa shape index (κ3) is 1.90.